The van der Waals surface area contributed by atoms with Gasteiger partial charge in [-0.3, -0.25) is 18.6 Å². The second kappa shape index (κ2) is 70.5. The first-order valence-corrected chi connectivity index (χ1v) is 36.1. The zero-order valence-corrected chi connectivity index (χ0v) is 56.1. The van der Waals surface area contributed by atoms with Crippen LogP contribution in [0.2, 0.25) is 0 Å². The summed E-state index contributed by atoms with van der Waals surface area (Å²) < 4.78 is 33.2. The first-order chi connectivity index (χ1) is 42.8. The molecule has 2 unspecified atom stereocenters. The van der Waals surface area contributed by atoms with Gasteiger partial charge < -0.3 is 20.1 Å². The minimum atomic E-state index is -4.41. The van der Waals surface area contributed by atoms with E-state index < -0.39 is 32.5 Å². The van der Waals surface area contributed by atoms with E-state index in [1.807, 2.05) is 0 Å². The highest BCUT2D eigenvalue weighted by molar-refractivity contribution is 7.47. The molecule has 0 spiro atoms. The molecule has 0 radical (unpaired) electrons. The predicted molar refractivity (Wildman–Crippen MR) is 376 cm³/mol. The average molecular weight is 1220 g/mol. The number of hydrogen-bond acceptors (Lipinski definition) is 8. The third-order valence-corrected chi connectivity index (χ3v) is 15.1. The molecular formula is C77H126NO8P. The molecule has 0 bridgehead atoms. The van der Waals surface area contributed by atoms with E-state index in [2.05, 4.69) is 184 Å². The molecule has 0 heterocycles. The third kappa shape index (κ3) is 70.3. The average Bonchev–Trinajstić information content (AvgIpc) is 3.64. The van der Waals surface area contributed by atoms with Crippen molar-refractivity contribution in [1.82, 2.24) is 0 Å². The number of nitrogens with two attached hydrogens (primary N) is 1. The van der Waals surface area contributed by atoms with Crippen molar-refractivity contribution in [2.45, 2.75) is 277 Å². The van der Waals surface area contributed by atoms with Crippen LogP contribution in [0.5, 0.6) is 0 Å². The topological polar surface area (TPSA) is 134 Å². The number of unbranched alkanes of at least 4 members (excludes halogenated alkanes) is 22. The highest BCUT2D eigenvalue weighted by Gasteiger charge is 2.26. The van der Waals surface area contributed by atoms with E-state index in [9.17, 15) is 19.0 Å². The van der Waals surface area contributed by atoms with Crippen LogP contribution >= 0.6 is 7.82 Å². The van der Waals surface area contributed by atoms with Crippen LogP contribution in [0.4, 0.5) is 0 Å². The summed E-state index contributed by atoms with van der Waals surface area (Å²) in [5.74, 6) is -0.855. The molecule has 0 aromatic rings. The minimum absolute atomic E-state index is 0.0420. The van der Waals surface area contributed by atoms with E-state index in [1.165, 1.54) is 96.3 Å². The summed E-state index contributed by atoms with van der Waals surface area (Å²) in [4.78, 5) is 35.4. The summed E-state index contributed by atoms with van der Waals surface area (Å²) >= 11 is 0. The molecule has 0 aromatic heterocycles. The number of carbonyl (C=O) groups is 2. The molecule has 3 N–H and O–H groups in total. The third-order valence-electron chi connectivity index (χ3n) is 14.1. The van der Waals surface area contributed by atoms with Gasteiger partial charge in [-0.2, -0.15) is 0 Å². The molecule has 0 aliphatic rings. The van der Waals surface area contributed by atoms with Crippen LogP contribution in [0.1, 0.15) is 271 Å². The lowest BCUT2D eigenvalue weighted by Gasteiger charge is -2.19. The van der Waals surface area contributed by atoms with E-state index in [4.69, 9.17) is 24.3 Å². The van der Waals surface area contributed by atoms with E-state index in [0.29, 0.717) is 6.42 Å². The highest BCUT2D eigenvalue weighted by Crippen LogP contribution is 2.43. The van der Waals surface area contributed by atoms with Crippen molar-refractivity contribution in [1.29, 1.82) is 0 Å². The summed E-state index contributed by atoms with van der Waals surface area (Å²) in [5.41, 5.74) is 5.40. The van der Waals surface area contributed by atoms with Crippen molar-refractivity contribution in [3.05, 3.63) is 170 Å². The highest BCUT2D eigenvalue weighted by atomic mass is 31.2. The van der Waals surface area contributed by atoms with Gasteiger partial charge in [0.15, 0.2) is 6.10 Å². The van der Waals surface area contributed by atoms with Gasteiger partial charge in [-0.1, -0.05) is 300 Å². The predicted octanol–water partition coefficient (Wildman–Crippen LogP) is 23.0. The molecule has 0 saturated carbocycles. The Morgan fingerprint density at radius 1 is 0.345 bits per heavy atom. The molecule has 10 heteroatoms. The van der Waals surface area contributed by atoms with Crippen LogP contribution in [0.15, 0.2) is 170 Å². The standard InChI is InChI=1S/C77H126NO8P/c1-3-5-7-9-11-13-15-17-19-21-23-25-27-29-31-33-35-37-39-41-43-45-47-49-51-53-55-57-59-61-63-65-67-69-76(79)83-73-75(74-85-87(81,82)84-72-71-78)86-77(80)70-68-66-64-62-60-58-56-54-52-50-48-46-44-42-40-38-36-34-32-30-28-26-24-22-20-18-16-14-12-10-8-6-4-2/h5-8,11-14,17-20,23-26,29-32,36,38,42,44,48,50,54,56,75H,3-4,9-10,15-16,21-22,27-28,33-35,37,39-41,43,45-47,49,51-53,55,57-74,78H2,1-2H3,(H,81,82)/b7-5-,8-6-,13-11-,14-12-,19-17-,20-18-,25-23-,26-24-,31-29-,32-30-,38-36-,44-42-,50-48-,56-54-. The molecule has 2 atom stereocenters. The van der Waals surface area contributed by atoms with Crippen LogP contribution in [-0.2, 0) is 32.7 Å². The fourth-order valence-corrected chi connectivity index (χ4v) is 9.83. The lowest BCUT2D eigenvalue weighted by molar-refractivity contribution is -0.161. The molecule has 0 saturated heterocycles. The van der Waals surface area contributed by atoms with Crippen molar-refractivity contribution in [3.8, 4) is 0 Å². The van der Waals surface area contributed by atoms with Gasteiger partial charge in [-0.15, -0.1) is 0 Å². The van der Waals surface area contributed by atoms with E-state index in [0.717, 1.165) is 141 Å². The second-order valence-corrected chi connectivity index (χ2v) is 23.7. The van der Waals surface area contributed by atoms with Gasteiger partial charge in [0.1, 0.15) is 6.61 Å². The Hall–Kier alpha value is -4.63. The number of ether oxygens (including phenoxy) is 2. The SMILES string of the molecule is CC/C=C\C/C=C\C/C=C\C/C=C\C/C=C\C/C=C\C/C=C\C/C=C\C/C=C\CCCCCCCC(=O)OC(COC(=O)CCCCCCCCCCCCCCCCCCC/C=C\C/C=C\C/C=C\C/C=C\C/C=C\CC)COP(=O)(O)OCCN. The Kier molecular flexibility index (Phi) is 66.7. The minimum Gasteiger partial charge on any atom is -0.462 e. The molecule has 9 nitrogen and oxygen atoms in total. The molecule has 0 rings (SSSR count). The Morgan fingerprint density at radius 2 is 0.598 bits per heavy atom. The zero-order chi connectivity index (χ0) is 63.0. The maximum absolute atomic E-state index is 12.8. The molecular weight excluding hydrogens is 1100 g/mol. The molecule has 87 heavy (non-hydrogen) atoms. The Bertz CT molecular complexity index is 2030. The van der Waals surface area contributed by atoms with Gasteiger partial charge in [0.05, 0.1) is 13.2 Å². The van der Waals surface area contributed by atoms with Crippen LogP contribution in [-0.4, -0.2) is 49.3 Å². The normalized spacial score (nSPS) is 14.0. The van der Waals surface area contributed by atoms with Gasteiger partial charge in [-0.05, 0) is 128 Å². The Balaban J connectivity index is 3.98. The van der Waals surface area contributed by atoms with Crippen molar-refractivity contribution >= 4 is 19.8 Å². The van der Waals surface area contributed by atoms with Crippen molar-refractivity contribution in [3.63, 3.8) is 0 Å². The number of hydrogen-bond donors (Lipinski definition) is 2. The maximum Gasteiger partial charge on any atom is 0.472 e. The zero-order valence-electron chi connectivity index (χ0n) is 55.2. The first-order valence-electron chi connectivity index (χ1n) is 34.6. The molecule has 0 aliphatic carbocycles. The number of phosphoric acid groups is 1. The van der Waals surface area contributed by atoms with Crippen molar-refractivity contribution in [2.24, 2.45) is 5.73 Å². The van der Waals surface area contributed by atoms with Crippen molar-refractivity contribution in [2.75, 3.05) is 26.4 Å². The number of allylic oxidation sites excluding steroid dienone is 28. The molecule has 0 aliphatic heterocycles. The van der Waals surface area contributed by atoms with Gasteiger partial charge in [0.25, 0.3) is 0 Å². The monoisotopic (exact) mass is 1220 g/mol. The van der Waals surface area contributed by atoms with Gasteiger partial charge >= 0.3 is 19.8 Å². The van der Waals surface area contributed by atoms with E-state index >= 15 is 0 Å². The summed E-state index contributed by atoms with van der Waals surface area (Å²) in [6.07, 6.45) is 104. The smallest absolute Gasteiger partial charge is 0.462 e. The fourth-order valence-electron chi connectivity index (χ4n) is 9.07. The Labute approximate surface area is 533 Å². The largest absolute Gasteiger partial charge is 0.472 e. The van der Waals surface area contributed by atoms with Crippen LogP contribution in [0.3, 0.4) is 0 Å². The number of carbonyl (C=O) groups excluding carboxylic acids is 2. The van der Waals surface area contributed by atoms with Gasteiger partial charge in [0.2, 0.25) is 0 Å². The molecule has 0 aromatic carbocycles. The lowest BCUT2D eigenvalue weighted by atomic mass is 10.0. The summed E-state index contributed by atoms with van der Waals surface area (Å²) in [6, 6.07) is 0. The van der Waals surface area contributed by atoms with Crippen LogP contribution in [0, 0.1) is 0 Å². The van der Waals surface area contributed by atoms with Gasteiger partial charge in [-0.25, -0.2) is 4.57 Å². The number of esters is 2. The Morgan fingerprint density at radius 3 is 0.885 bits per heavy atom. The molecule has 0 amide bonds. The van der Waals surface area contributed by atoms with E-state index in [-0.39, 0.29) is 32.6 Å². The fraction of sp³-hybridized carbons (Fsp3) is 0.610. The van der Waals surface area contributed by atoms with Crippen LogP contribution in [0.25, 0.3) is 0 Å². The van der Waals surface area contributed by atoms with E-state index in [1.54, 1.807) is 0 Å². The summed E-state index contributed by atoms with van der Waals surface area (Å²) in [7, 11) is -4.41. The number of rotatable bonds is 63. The summed E-state index contributed by atoms with van der Waals surface area (Å²) in [6.45, 7) is 3.49. The molecule has 0 fully saturated rings. The maximum atomic E-state index is 12.8. The summed E-state index contributed by atoms with van der Waals surface area (Å²) in [5, 5.41) is 0. The quantitative estimate of drug-likeness (QED) is 0.0264. The van der Waals surface area contributed by atoms with Gasteiger partial charge in [0, 0.05) is 19.4 Å². The number of phosphoric ester groups is 1. The van der Waals surface area contributed by atoms with Crippen molar-refractivity contribution < 1.29 is 37.6 Å². The molecule has 492 valence electrons. The first kappa shape index (κ1) is 82.4. The lowest BCUT2D eigenvalue weighted by Crippen LogP contribution is -2.29. The second-order valence-electron chi connectivity index (χ2n) is 22.3. The van der Waals surface area contributed by atoms with Crippen LogP contribution < -0.4 is 5.73 Å².